The highest BCUT2D eigenvalue weighted by Gasteiger charge is 2.33. The van der Waals surface area contributed by atoms with E-state index in [-0.39, 0.29) is 28.7 Å². The van der Waals surface area contributed by atoms with Gasteiger partial charge in [0.25, 0.3) is 5.91 Å². The van der Waals surface area contributed by atoms with Crippen LogP contribution < -0.4 is 14.8 Å². The molecule has 0 unspecified atom stereocenters. The number of nitrogens with one attached hydrogen (secondary N) is 1. The summed E-state index contributed by atoms with van der Waals surface area (Å²) < 4.78 is 55.1. The lowest BCUT2D eigenvalue weighted by molar-refractivity contribution is -0.137. The number of carbonyl (C=O) groups is 2. The molecule has 0 bridgehead atoms. The molecule has 2 heterocycles. The van der Waals surface area contributed by atoms with E-state index in [2.05, 4.69) is 5.32 Å². The molecule has 1 amide bonds. The molecule has 0 saturated heterocycles. The van der Waals surface area contributed by atoms with Gasteiger partial charge in [0, 0.05) is 12.1 Å². The van der Waals surface area contributed by atoms with Gasteiger partial charge in [-0.05, 0) is 36.4 Å². The topological polar surface area (TPSA) is 77.8 Å². The Balaban J connectivity index is 1.41. The first kappa shape index (κ1) is 20.3. The second-order valence-corrected chi connectivity index (χ2v) is 6.49. The van der Waals surface area contributed by atoms with Crippen molar-refractivity contribution < 1.29 is 36.7 Å². The molecular formula is C22H14F3NO5. The number of rotatable bonds is 5. The Kier molecular flexibility index (Phi) is 5.24. The van der Waals surface area contributed by atoms with Gasteiger partial charge in [-0.2, -0.15) is 13.2 Å². The summed E-state index contributed by atoms with van der Waals surface area (Å²) in [6.45, 7) is -0.534. The number of carbonyl (C=O) groups excluding carboxylic acids is 2. The van der Waals surface area contributed by atoms with Crippen molar-refractivity contribution in [3.05, 3.63) is 83.5 Å². The van der Waals surface area contributed by atoms with Crippen LogP contribution in [0.2, 0.25) is 0 Å². The number of allylic oxidation sites excluding steroid dienone is 1. The second-order valence-electron chi connectivity index (χ2n) is 6.49. The molecule has 0 aliphatic carbocycles. The number of fused-ring (bicyclic) bond motifs is 1. The van der Waals surface area contributed by atoms with E-state index < -0.39 is 24.3 Å². The molecule has 1 aliphatic heterocycles. The van der Waals surface area contributed by atoms with Gasteiger partial charge in [0.2, 0.25) is 5.78 Å². The molecule has 3 aromatic rings. The van der Waals surface area contributed by atoms with Crippen molar-refractivity contribution in [1.29, 1.82) is 0 Å². The van der Waals surface area contributed by atoms with Gasteiger partial charge in [-0.3, -0.25) is 9.59 Å². The van der Waals surface area contributed by atoms with E-state index in [1.807, 2.05) is 0 Å². The molecular weight excluding hydrogens is 415 g/mol. The van der Waals surface area contributed by atoms with E-state index in [4.69, 9.17) is 13.9 Å². The second kappa shape index (κ2) is 8.02. The molecule has 0 fully saturated rings. The van der Waals surface area contributed by atoms with Crippen molar-refractivity contribution in [1.82, 2.24) is 0 Å². The Bertz CT molecular complexity index is 1170. The summed E-state index contributed by atoms with van der Waals surface area (Å²) in [4.78, 5) is 24.5. The summed E-state index contributed by atoms with van der Waals surface area (Å²) in [6.07, 6.45) is -1.69. The third kappa shape index (κ3) is 4.45. The number of halogens is 3. The molecule has 0 spiro atoms. The van der Waals surface area contributed by atoms with Gasteiger partial charge in [-0.25, -0.2) is 0 Å². The first-order valence-corrected chi connectivity index (χ1v) is 9.02. The van der Waals surface area contributed by atoms with Crippen LogP contribution in [0.1, 0.15) is 21.7 Å². The summed E-state index contributed by atoms with van der Waals surface area (Å²) in [7, 11) is 0. The van der Waals surface area contributed by atoms with Crippen LogP contribution in [0.4, 0.5) is 18.9 Å². The zero-order chi connectivity index (χ0) is 22.0. The van der Waals surface area contributed by atoms with Gasteiger partial charge in [0.05, 0.1) is 23.1 Å². The van der Waals surface area contributed by atoms with Gasteiger partial charge < -0.3 is 19.2 Å². The van der Waals surface area contributed by atoms with Crippen LogP contribution in [0.5, 0.6) is 11.5 Å². The van der Waals surface area contributed by atoms with Gasteiger partial charge >= 0.3 is 6.18 Å². The van der Waals surface area contributed by atoms with Crippen LogP contribution >= 0.6 is 0 Å². The van der Waals surface area contributed by atoms with Gasteiger partial charge in [-0.1, -0.05) is 12.1 Å². The van der Waals surface area contributed by atoms with Crippen molar-refractivity contribution >= 4 is 23.5 Å². The van der Waals surface area contributed by atoms with Gasteiger partial charge in [0.1, 0.15) is 17.3 Å². The number of hydrogen-bond acceptors (Lipinski definition) is 5. The first-order valence-electron chi connectivity index (χ1n) is 9.02. The molecule has 9 heteroatoms. The van der Waals surface area contributed by atoms with Crippen LogP contribution in [-0.2, 0) is 11.0 Å². The normalized spacial score (nSPS) is 14.3. The lowest BCUT2D eigenvalue weighted by Gasteiger charge is -2.13. The quantitative estimate of drug-likeness (QED) is 0.582. The maximum absolute atomic E-state index is 13.0. The molecule has 0 saturated carbocycles. The minimum absolute atomic E-state index is 0.0728. The van der Waals surface area contributed by atoms with Crippen LogP contribution in [-0.4, -0.2) is 18.3 Å². The molecule has 31 heavy (non-hydrogen) atoms. The molecule has 6 nitrogen and oxygen atoms in total. The van der Waals surface area contributed by atoms with E-state index >= 15 is 0 Å². The third-order valence-electron chi connectivity index (χ3n) is 4.33. The Morgan fingerprint density at radius 2 is 1.90 bits per heavy atom. The van der Waals surface area contributed by atoms with Crippen LogP contribution in [0, 0.1) is 0 Å². The summed E-state index contributed by atoms with van der Waals surface area (Å²) in [5.74, 6) is -0.132. The maximum atomic E-state index is 13.0. The highest BCUT2D eigenvalue weighted by Crippen LogP contribution is 2.36. The number of alkyl halides is 3. The first-order chi connectivity index (χ1) is 14.8. The summed E-state index contributed by atoms with van der Waals surface area (Å²) >= 11 is 0. The molecule has 158 valence electrons. The Labute approximate surface area is 173 Å². The van der Waals surface area contributed by atoms with E-state index in [1.54, 1.807) is 12.1 Å². The number of ether oxygens (including phenoxy) is 2. The SMILES string of the molecule is O=C(COc1ccc2c(c1)OC(=Cc1ccco1)C2=O)Nc1ccccc1C(F)(F)F. The fourth-order valence-electron chi connectivity index (χ4n) is 2.93. The highest BCUT2D eigenvalue weighted by molar-refractivity contribution is 6.14. The molecule has 0 atom stereocenters. The van der Waals surface area contributed by atoms with Crippen molar-refractivity contribution in [3.8, 4) is 11.5 Å². The smallest absolute Gasteiger partial charge is 0.418 e. The van der Waals surface area contributed by atoms with E-state index in [1.165, 1.54) is 42.7 Å². The Morgan fingerprint density at radius 1 is 1.10 bits per heavy atom. The summed E-state index contributed by atoms with van der Waals surface area (Å²) in [6, 6.07) is 12.3. The third-order valence-corrected chi connectivity index (χ3v) is 4.33. The zero-order valence-corrected chi connectivity index (χ0v) is 15.7. The monoisotopic (exact) mass is 429 g/mol. The molecule has 1 aliphatic rings. The molecule has 4 rings (SSSR count). The number of furan rings is 1. The highest BCUT2D eigenvalue weighted by atomic mass is 19.4. The van der Waals surface area contributed by atoms with Crippen molar-refractivity contribution in [2.24, 2.45) is 0 Å². The van der Waals surface area contributed by atoms with Crippen LogP contribution in [0.3, 0.4) is 0 Å². The number of ketones is 1. The minimum atomic E-state index is -4.60. The predicted octanol–water partition coefficient (Wildman–Crippen LogP) is 4.93. The molecule has 0 radical (unpaired) electrons. The van der Waals surface area contributed by atoms with Crippen LogP contribution in [0.25, 0.3) is 6.08 Å². The number of para-hydroxylation sites is 1. The fourth-order valence-corrected chi connectivity index (χ4v) is 2.93. The average molecular weight is 429 g/mol. The van der Waals surface area contributed by atoms with Crippen molar-refractivity contribution in [2.75, 3.05) is 11.9 Å². The largest absolute Gasteiger partial charge is 0.484 e. The summed E-state index contributed by atoms with van der Waals surface area (Å²) in [5, 5.41) is 2.19. The van der Waals surface area contributed by atoms with Crippen molar-refractivity contribution in [2.45, 2.75) is 6.18 Å². The van der Waals surface area contributed by atoms with Crippen LogP contribution in [0.15, 0.2) is 71.0 Å². The number of amides is 1. The average Bonchev–Trinajstić information content (AvgIpc) is 3.34. The number of Topliss-reactive ketones (excluding diaryl/α,β-unsaturated/α-hetero) is 1. The fraction of sp³-hybridized carbons (Fsp3) is 0.0909. The Morgan fingerprint density at radius 3 is 2.65 bits per heavy atom. The van der Waals surface area contributed by atoms with E-state index in [9.17, 15) is 22.8 Å². The van der Waals surface area contributed by atoms with Gasteiger partial charge in [0.15, 0.2) is 12.4 Å². The summed E-state index contributed by atoms with van der Waals surface area (Å²) in [5.41, 5.74) is -1.00. The maximum Gasteiger partial charge on any atom is 0.418 e. The van der Waals surface area contributed by atoms with Gasteiger partial charge in [-0.15, -0.1) is 0 Å². The number of hydrogen-bond donors (Lipinski definition) is 1. The lowest BCUT2D eigenvalue weighted by Crippen LogP contribution is -2.22. The standard InChI is InChI=1S/C22H14F3NO5/c23-22(24,25)16-5-1-2-6-17(16)26-20(27)12-30-14-7-8-15-18(10-14)31-19(21(15)28)11-13-4-3-9-29-13/h1-11H,12H2,(H,26,27). The Hall–Kier alpha value is -4.01. The van der Waals surface area contributed by atoms with Crippen molar-refractivity contribution in [3.63, 3.8) is 0 Å². The molecule has 1 N–H and O–H groups in total. The zero-order valence-electron chi connectivity index (χ0n) is 15.7. The lowest BCUT2D eigenvalue weighted by atomic mass is 10.1. The predicted molar refractivity (Wildman–Crippen MR) is 104 cm³/mol. The minimum Gasteiger partial charge on any atom is -0.484 e. The number of anilines is 1. The molecule has 1 aromatic heterocycles. The van der Waals surface area contributed by atoms with E-state index in [0.29, 0.717) is 11.3 Å². The number of benzene rings is 2. The van der Waals surface area contributed by atoms with E-state index in [0.717, 1.165) is 12.1 Å². The molecule has 2 aromatic carbocycles.